The highest BCUT2D eigenvalue weighted by molar-refractivity contribution is 14.0. The van der Waals surface area contributed by atoms with Crippen LogP contribution in [0.1, 0.15) is 20.3 Å². The van der Waals surface area contributed by atoms with Crippen LogP contribution in [0.3, 0.4) is 0 Å². The average Bonchev–Trinajstić information content (AvgIpc) is 3.07. The Morgan fingerprint density at radius 1 is 1.35 bits per heavy atom. The van der Waals surface area contributed by atoms with Crippen LogP contribution in [0, 0.1) is 0 Å². The second-order valence-corrected chi connectivity index (χ2v) is 5.99. The standard InChI is InChI=1S/C18H29N5O2.HI/c1-4-19-18(21-11-10-20-14(2)24)22-15-9-12-23(13-15)16-7-5-6-8-17(16)25-3;/h5-8,15H,4,9-13H2,1-3H3,(H,20,24)(H2,19,21,22);1H. The number of methoxy groups -OCH3 is 1. The summed E-state index contributed by atoms with van der Waals surface area (Å²) in [7, 11) is 1.70. The van der Waals surface area contributed by atoms with Crippen molar-refractivity contribution >= 4 is 41.5 Å². The molecule has 0 radical (unpaired) electrons. The number of nitrogens with one attached hydrogen (secondary N) is 3. The van der Waals surface area contributed by atoms with E-state index in [1.165, 1.54) is 6.92 Å². The van der Waals surface area contributed by atoms with Crippen LogP contribution in [0.2, 0.25) is 0 Å². The number of hydrogen-bond donors (Lipinski definition) is 3. The van der Waals surface area contributed by atoms with Crippen LogP contribution in [-0.4, -0.2) is 57.7 Å². The zero-order valence-electron chi connectivity index (χ0n) is 15.7. The van der Waals surface area contributed by atoms with Crippen molar-refractivity contribution in [3.05, 3.63) is 24.3 Å². The van der Waals surface area contributed by atoms with Crippen molar-refractivity contribution < 1.29 is 9.53 Å². The summed E-state index contributed by atoms with van der Waals surface area (Å²) >= 11 is 0. The van der Waals surface area contributed by atoms with Gasteiger partial charge in [0.1, 0.15) is 5.75 Å². The molecule has 1 aliphatic heterocycles. The van der Waals surface area contributed by atoms with Gasteiger partial charge in [0, 0.05) is 39.1 Å². The van der Waals surface area contributed by atoms with Gasteiger partial charge >= 0.3 is 0 Å². The number of ether oxygens (including phenoxy) is 1. The smallest absolute Gasteiger partial charge is 0.216 e. The molecule has 8 heteroatoms. The highest BCUT2D eigenvalue weighted by Gasteiger charge is 2.25. The molecule has 1 amide bonds. The highest BCUT2D eigenvalue weighted by atomic mass is 127. The third-order valence-electron chi connectivity index (χ3n) is 4.05. The number of carbonyl (C=O) groups excluding carboxylic acids is 1. The van der Waals surface area contributed by atoms with Gasteiger partial charge in [-0.1, -0.05) is 12.1 Å². The maximum absolute atomic E-state index is 10.9. The first-order chi connectivity index (χ1) is 12.1. The number of amides is 1. The Hall–Kier alpha value is -1.71. The molecule has 1 aliphatic rings. The van der Waals surface area contributed by atoms with Crippen molar-refractivity contribution in [2.45, 2.75) is 26.3 Å². The fourth-order valence-electron chi connectivity index (χ4n) is 2.90. The van der Waals surface area contributed by atoms with Gasteiger partial charge in [-0.05, 0) is 25.5 Å². The van der Waals surface area contributed by atoms with E-state index in [2.05, 4.69) is 31.9 Å². The van der Waals surface area contributed by atoms with Crippen molar-refractivity contribution in [2.24, 2.45) is 4.99 Å². The van der Waals surface area contributed by atoms with Crippen LogP contribution < -0.4 is 25.6 Å². The summed E-state index contributed by atoms with van der Waals surface area (Å²) in [5, 5.41) is 9.50. The highest BCUT2D eigenvalue weighted by Crippen LogP contribution is 2.30. The zero-order valence-corrected chi connectivity index (χ0v) is 18.1. The van der Waals surface area contributed by atoms with Gasteiger partial charge in [0.2, 0.25) is 5.91 Å². The van der Waals surface area contributed by atoms with Crippen LogP contribution in [-0.2, 0) is 4.79 Å². The lowest BCUT2D eigenvalue weighted by molar-refractivity contribution is -0.118. The van der Waals surface area contributed by atoms with E-state index >= 15 is 0 Å². The van der Waals surface area contributed by atoms with E-state index in [1.807, 2.05) is 25.1 Å². The van der Waals surface area contributed by atoms with Crippen LogP contribution in [0.5, 0.6) is 5.75 Å². The monoisotopic (exact) mass is 475 g/mol. The molecule has 0 aliphatic carbocycles. The summed E-state index contributed by atoms with van der Waals surface area (Å²) in [6.07, 6.45) is 1.04. The summed E-state index contributed by atoms with van der Waals surface area (Å²) in [6, 6.07) is 8.42. The molecule has 0 aromatic heterocycles. The van der Waals surface area contributed by atoms with Crippen molar-refractivity contribution in [2.75, 3.05) is 44.7 Å². The molecule has 1 unspecified atom stereocenters. The third kappa shape index (κ3) is 6.89. The van der Waals surface area contributed by atoms with Crippen molar-refractivity contribution in [3.8, 4) is 5.75 Å². The Morgan fingerprint density at radius 3 is 2.81 bits per heavy atom. The number of carbonyl (C=O) groups is 1. The van der Waals surface area contributed by atoms with E-state index in [9.17, 15) is 4.79 Å². The van der Waals surface area contributed by atoms with E-state index < -0.39 is 0 Å². The predicted molar refractivity (Wildman–Crippen MR) is 117 cm³/mol. The van der Waals surface area contributed by atoms with Gasteiger partial charge in [0.05, 0.1) is 19.3 Å². The molecular weight excluding hydrogens is 445 g/mol. The number of anilines is 1. The number of rotatable bonds is 7. The number of nitrogens with zero attached hydrogens (tertiary/aromatic N) is 2. The fraction of sp³-hybridized carbons (Fsp3) is 0.556. The molecule has 2 rings (SSSR count). The second-order valence-electron chi connectivity index (χ2n) is 5.99. The van der Waals surface area contributed by atoms with Gasteiger partial charge < -0.3 is 25.6 Å². The first-order valence-electron chi connectivity index (χ1n) is 8.81. The van der Waals surface area contributed by atoms with Gasteiger partial charge in [-0.25, -0.2) is 0 Å². The molecule has 0 bridgehead atoms. The van der Waals surface area contributed by atoms with E-state index in [1.54, 1.807) is 7.11 Å². The van der Waals surface area contributed by atoms with E-state index in [0.717, 1.165) is 43.5 Å². The minimum Gasteiger partial charge on any atom is -0.495 e. The maximum Gasteiger partial charge on any atom is 0.216 e. The SMILES string of the molecule is CCNC(=NCCNC(C)=O)NC1CCN(c2ccccc2OC)C1.I. The van der Waals surface area contributed by atoms with Gasteiger partial charge in [-0.2, -0.15) is 0 Å². The lowest BCUT2D eigenvalue weighted by Gasteiger charge is -2.22. The van der Waals surface area contributed by atoms with Crippen molar-refractivity contribution in [1.29, 1.82) is 0 Å². The summed E-state index contributed by atoms with van der Waals surface area (Å²) in [5.74, 6) is 1.66. The normalized spacial score (nSPS) is 16.7. The minimum absolute atomic E-state index is 0. The first kappa shape index (κ1) is 22.3. The number of para-hydroxylation sites is 2. The van der Waals surface area contributed by atoms with E-state index in [0.29, 0.717) is 19.1 Å². The van der Waals surface area contributed by atoms with Gasteiger partial charge in [-0.15, -0.1) is 24.0 Å². The van der Waals surface area contributed by atoms with E-state index in [4.69, 9.17) is 4.74 Å². The van der Waals surface area contributed by atoms with E-state index in [-0.39, 0.29) is 29.9 Å². The molecule has 1 aromatic rings. The molecule has 1 aromatic carbocycles. The molecule has 3 N–H and O–H groups in total. The molecule has 0 saturated carbocycles. The fourth-order valence-corrected chi connectivity index (χ4v) is 2.90. The Kier molecular flexibility index (Phi) is 10.2. The van der Waals surface area contributed by atoms with Crippen LogP contribution in [0.4, 0.5) is 5.69 Å². The molecule has 1 atom stereocenters. The lowest BCUT2D eigenvalue weighted by Crippen LogP contribution is -2.45. The molecular formula is C18H30IN5O2. The molecule has 1 saturated heterocycles. The average molecular weight is 475 g/mol. The van der Waals surface area contributed by atoms with Gasteiger partial charge in [0.15, 0.2) is 5.96 Å². The van der Waals surface area contributed by atoms with Crippen molar-refractivity contribution in [1.82, 2.24) is 16.0 Å². The molecule has 146 valence electrons. The Balaban J connectivity index is 0.00000338. The summed E-state index contributed by atoms with van der Waals surface area (Å²) in [6.45, 7) is 7.33. The quantitative estimate of drug-likeness (QED) is 0.242. The number of hydrogen-bond acceptors (Lipinski definition) is 4. The number of aliphatic imine (C=N–C) groups is 1. The number of benzene rings is 1. The number of halogens is 1. The van der Waals surface area contributed by atoms with Gasteiger partial charge in [-0.3, -0.25) is 9.79 Å². The minimum atomic E-state index is -0.0311. The summed E-state index contributed by atoms with van der Waals surface area (Å²) in [4.78, 5) is 17.8. The third-order valence-corrected chi connectivity index (χ3v) is 4.05. The van der Waals surface area contributed by atoms with Crippen LogP contribution in [0.25, 0.3) is 0 Å². The zero-order chi connectivity index (χ0) is 18.1. The molecule has 1 fully saturated rings. The van der Waals surface area contributed by atoms with Crippen molar-refractivity contribution in [3.63, 3.8) is 0 Å². The second kappa shape index (κ2) is 11.8. The topological polar surface area (TPSA) is 78.0 Å². The van der Waals surface area contributed by atoms with Gasteiger partial charge in [0.25, 0.3) is 0 Å². The summed E-state index contributed by atoms with van der Waals surface area (Å²) < 4.78 is 5.46. The van der Waals surface area contributed by atoms with Crippen LogP contribution in [0.15, 0.2) is 29.3 Å². The summed E-state index contributed by atoms with van der Waals surface area (Å²) in [5.41, 5.74) is 1.13. The lowest BCUT2D eigenvalue weighted by atomic mass is 10.2. The molecule has 26 heavy (non-hydrogen) atoms. The Labute approximate surface area is 173 Å². The number of guanidine groups is 1. The van der Waals surface area contributed by atoms with Crippen LogP contribution >= 0.6 is 24.0 Å². The largest absolute Gasteiger partial charge is 0.495 e. The Morgan fingerprint density at radius 2 is 2.12 bits per heavy atom. The molecule has 0 spiro atoms. The molecule has 1 heterocycles. The molecule has 7 nitrogen and oxygen atoms in total. The first-order valence-corrected chi connectivity index (χ1v) is 8.81. The maximum atomic E-state index is 10.9. The predicted octanol–water partition coefficient (Wildman–Crippen LogP) is 1.58. The Bertz CT molecular complexity index is 597.